The average Bonchev–Trinajstić information content (AvgIpc) is 3.15. The van der Waals surface area contributed by atoms with Gasteiger partial charge in [0.1, 0.15) is 12.4 Å². The first kappa shape index (κ1) is 20.3. The van der Waals surface area contributed by atoms with E-state index in [1.54, 1.807) is 17.2 Å². The van der Waals surface area contributed by atoms with Crippen LogP contribution in [0, 0.1) is 5.92 Å². The van der Waals surface area contributed by atoms with E-state index in [0.717, 1.165) is 23.4 Å². The van der Waals surface area contributed by atoms with Crippen LogP contribution < -0.4 is 15.1 Å². The second-order valence-corrected chi connectivity index (χ2v) is 6.83. The molecular weight excluding hydrogens is 366 g/mol. The normalized spacial score (nSPS) is 16.2. The molecule has 1 heterocycles. The fraction of sp³-hybridized carbons (Fsp3) is 0.261. The van der Waals surface area contributed by atoms with Gasteiger partial charge < -0.3 is 9.64 Å². The van der Waals surface area contributed by atoms with E-state index in [2.05, 4.69) is 24.0 Å². The fourth-order valence-electron chi connectivity index (χ4n) is 3.11. The third-order valence-corrected chi connectivity index (χ3v) is 4.79. The van der Waals surface area contributed by atoms with E-state index in [0.29, 0.717) is 13.2 Å². The molecule has 3 rings (SSSR count). The van der Waals surface area contributed by atoms with Crippen molar-refractivity contribution in [2.75, 3.05) is 18.1 Å². The Morgan fingerprint density at radius 1 is 1.24 bits per heavy atom. The summed E-state index contributed by atoms with van der Waals surface area (Å²) < 4.78 is 5.42. The quantitative estimate of drug-likeness (QED) is 0.426. The van der Waals surface area contributed by atoms with Crippen LogP contribution in [0.4, 0.5) is 5.69 Å². The second kappa shape index (κ2) is 9.68. The number of rotatable bonds is 8. The minimum Gasteiger partial charge on any atom is -0.490 e. The van der Waals surface area contributed by atoms with E-state index in [1.807, 2.05) is 48.5 Å². The van der Waals surface area contributed by atoms with Crippen LogP contribution >= 0.6 is 0 Å². The molecule has 2 aromatic carbocycles. The number of hydrazone groups is 1. The van der Waals surface area contributed by atoms with Crippen molar-refractivity contribution in [2.45, 2.75) is 19.8 Å². The standard InChI is InChI=1S/C23H25N3O3/c1-3-13-29-21-11-7-18(8-12-21)15-24-25-23(28)19-14-22(27)26(16-19)20-9-5-17(4-2)6-10-20/h3,5-12,15,19H,1,4,13-14,16H2,2H3,(H,25,28)/b24-15+/t19-/m1/s1. The van der Waals surface area contributed by atoms with Gasteiger partial charge in [0.05, 0.1) is 12.1 Å². The molecule has 1 aliphatic heterocycles. The van der Waals surface area contributed by atoms with E-state index in [-0.39, 0.29) is 18.2 Å². The molecule has 0 saturated carbocycles. The monoisotopic (exact) mass is 391 g/mol. The zero-order valence-corrected chi connectivity index (χ0v) is 16.5. The number of benzene rings is 2. The molecule has 0 aliphatic carbocycles. The van der Waals surface area contributed by atoms with Crippen LogP contribution in [0.1, 0.15) is 24.5 Å². The van der Waals surface area contributed by atoms with Gasteiger partial charge in [0.15, 0.2) is 0 Å². The first-order valence-electron chi connectivity index (χ1n) is 9.66. The lowest BCUT2D eigenvalue weighted by molar-refractivity contribution is -0.126. The third-order valence-electron chi connectivity index (χ3n) is 4.79. The Labute approximate surface area is 170 Å². The topological polar surface area (TPSA) is 71.0 Å². The molecule has 0 bridgehead atoms. The highest BCUT2D eigenvalue weighted by molar-refractivity contribution is 6.00. The number of nitrogens with zero attached hydrogens (tertiary/aromatic N) is 2. The van der Waals surface area contributed by atoms with Crippen molar-refractivity contribution in [1.82, 2.24) is 5.43 Å². The number of anilines is 1. The SMILES string of the molecule is C=CCOc1ccc(/C=N/NC(=O)[C@@H]2CC(=O)N(c3ccc(CC)cc3)C2)cc1. The van der Waals surface area contributed by atoms with Crippen LogP contribution in [-0.2, 0) is 16.0 Å². The number of aryl methyl sites for hydroxylation is 1. The zero-order valence-electron chi connectivity index (χ0n) is 16.5. The van der Waals surface area contributed by atoms with Crippen molar-refractivity contribution in [3.63, 3.8) is 0 Å². The minimum atomic E-state index is -0.416. The Morgan fingerprint density at radius 2 is 1.97 bits per heavy atom. The first-order valence-corrected chi connectivity index (χ1v) is 9.66. The lowest BCUT2D eigenvalue weighted by Gasteiger charge is -2.16. The predicted molar refractivity (Wildman–Crippen MR) is 114 cm³/mol. The Kier molecular flexibility index (Phi) is 6.79. The molecule has 0 unspecified atom stereocenters. The molecular formula is C23H25N3O3. The zero-order chi connectivity index (χ0) is 20.6. The number of hydrogen-bond donors (Lipinski definition) is 1. The fourth-order valence-corrected chi connectivity index (χ4v) is 3.11. The Morgan fingerprint density at radius 3 is 2.62 bits per heavy atom. The summed E-state index contributed by atoms with van der Waals surface area (Å²) in [7, 11) is 0. The summed E-state index contributed by atoms with van der Waals surface area (Å²) in [5.74, 6) is 0.0181. The maximum atomic E-state index is 12.4. The van der Waals surface area contributed by atoms with Crippen LogP contribution in [0.3, 0.4) is 0 Å². The minimum absolute atomic E-state index is 0.0477. The first-order chi connectivity index (χ1) is 14.1. The van der Waals surface area contributed by atoms with Crippen LogP contribution in [0.2, 0.25) is 0 Å². The number of ether oxygens (including phenoxy) is 1. The predicted octanol–water partition coefficient (Wildman–Crippen LogP) is 3.32. The van der Waals surface area contributed by atoms with Crippen molar-refractivity contribution < 1.29 is 14.3 Å². The van der Waals surface area contributed by atoms with Gasteiger partial charge in [-0.1, -0.05) is 31.7 Å². The lowest BCUT2D eigenvalue weighted by Crippen LogP contribution is -2.30. The Hall–Kier alpha value is -3.41. The number of amides is 2. The van der Waals surface area contributed by atoms with Crippen LogP contribution in [0.15, 0.2) is 66.3 Å². The summed E-state index contributed by atoms with van der Waals surface area (Å²) in [4.78, 5) is 26.4. The molecule has 6 nitrogen and oxygen atoms in total. The smallest absolute Gasteiger partial charge is 0.245 e. The second-order valence-electron chi connectivity index (χ2n) is 6.83. The van der Waals surface area contributed by atoms with Crippen molar-refractivity contribution in [3.05, 3.63) is 72.3 Å². The van der Waals surface area contributed by atoms with Gasteiger partial charge in [-0.3, -0.25) is 9.59 Å². The molecule has 2 amide bonds. The summed E-state index contributed by atoms with van der Waals surface area (Å²) in [6.07, 6.45) is 4.38. The maximum absolute atomic E-state index is 12.4. The van der Waals surface area contributed by atoms with Crippen LogP contribution in [0.25, 0.3) is 0 Å². The lowest BCUT2D eigenvalue weighted by atomic mass is 10.1. The summed E-state index contributed by atoms with van der Waals surface area (Å²) in [6.45, 7) is 6.50. The molecule has 2 aromatic rings. The summed E-state index contributed by atoms with van der Waals surface area (Å²) >= 11 is 0. The van der Waals surface area contributed by atoms with Crippen molar-refractivity contribution in [1.29, 1.82) is 0 Å². The molecule has 0 spiro atoms. The van der Waals surface area contributed by atoms with E-state index in [1.165, 1.54) is 5.56 Å². The largest absolute Gasteiger partial charge is 0.490 e. The van der Waals surface area contributed by atoms with Crippen LogP contribution in [0.5, 0.6) is 5.75 Å². The summed E-state index contributed by atoms with van der Waals surface area (Å²) in [6, 6.07) is 15.2. The Bertz CT molecular complexity index is 889. The molecule has 1 N–H and O–H groups in total. The number of nitrogens with one attached hydrogen (secondary N) is 1. The van der Waals surface area contributed by atoms with Gasteiger partial charge >= 0.3 is 0 Å². The van der Waals surface area contributed by atoms with E-state index in [4.69, 9.17) is 4.74 Å². The van der Waals surface area contributed by atoms with Crippen molar-refractivity contribution in [3.8, 4) is 5.75 Å². The van der Waals surface area contributed by atoms with E-state index < -0.39 is 5.92 Å². The average molecular weight is 391 g/mol. The van der Waals surface area contributed by atoms with Gasteiger partial charge in [-0.2, -0.15) is 5.10 Å². The van der Waals surface area contributed by atoms with E-state index in [9.17, 15) is 9.59 Å². The highest BCUT2D eigenvalue weighted by atomic mass is 16.5. The van der Waals surface area contributed by atoms with Crippen molar-refractivity contribution in [2.24, 2.45) is 11.0 Å². The van der Waals surface area contributed by atoms with Gasteiger partial charge in [-0.05, 0) is 53.9 Å². The molecule has 150 valence electrons. The van der Waals surface area contributed by atoms with Gasteiger partial charge in [-0.15, -0.1) is 0 Å². The molecule has 1 atom stereocenters. The van der Waals surface area contributed by atoms with Crippen molar-refractivity contribution >= 4 is 23.7 Å². The summed E-state index contributed by atoms with van der Waals surface area (Å²) in [5, 5.41) is 4.01. The molecule has 1 fully saturated rings. The molecule has 0 radical (unpaired) electrons. The molecule has 6 heteroatoms. The van der Waals surface area contributed by atoms with Gasteiger partial charge in [0.2, 0.25) is 11.8 Å². The van der Waals surface area contributed by atoms with Gasteiger partial charge in [0, 0.05) is 18.7 Å². The maximum Gasteiger partial charge on any atom is 0.245 e. The Balaban J connectivity index is 1.53. The third kappa shape index (κ3) is 5.31. The molecule has 29 heavy (non-hydrogen) atoms. The van der Waals surface area contributed by atoms with Crippen LogP contribution in [-0.4, -0.2) is 31.2 Å². The van der Waals surface area contributed by atoms with E-state index >= 15 is 0 Å². The highest BCUT2D eigenvalue weighted by Gasteiger charge is 2.35. The van der Waals surface area contributed by atoms with Gasteiger partial charge in [0.25, 0.3) is 0 Å². The number of hydrogen-bond acceptors (Lipinski definition) is 4. The molecule has 1 aliphatic rings. The molecule has 1 saturated heterocycles. The molecule has 0 aromatic heterocycles. The number of carbonyl (C=O) groups is 2. The van der Waals surface area contributed by atoms with Gasteiger partial charge in [-0.25, -0.2) is 5.43 Å². The highest BCUT2D eigenvalue weighted by Crippen LogP contribution is 2.25. The number of carbonyl (C=O) groups excluding carboxylic acids is 2. The summed E-state index contributed by atoms with van der Waals surface area (Å²) in [5.41, 5.74) is 5.41.